The second-order valence-corrected chi connectivity index (χ2v) is 10.4. The highest BCUT2D eigenvalue weighted by Gasteiger charge is 2.33. The van der Waals surface area contributed by atoms with Crippen LogP contribution in [-0.4, -0.2) is 47.4 Å². The minimum absolute atomic E-state index is 0.216. The number of hydrogen-bond donors (Lipinski definition) is 0. The Hall–Kier alpha value is -3.13. The maximum absolute atomic E-state index is 13.7. The first-order valence-electron chi connectivity index (χ1n) is 12.5. The Labute approximate surface area is 231 Å². The third kappa shape index (κ3) is 5.51. The van der Waals surface area contributed by atoms with E-state index in [4.69, 9.17) is 37.4 Å². The summed E-state index contributed by atoms with van der Waals surface area (Å²) >= 11 is 13.3. The number of fused-ring (bicyclic) bond motifs is 1. The van der Waals surface area contributed by atoms with Gasteiger partial charge in [-0.3, -0.25) is 4.79 Å². The summed E-state index contributed by atoms with van der Waals surface area (Å²) in [4.78, 5) is 31.2. The molecule has 2 aliphatic heterocycles. The number of rotatable bonds is 8. The molecule has 0 spiro atoms. The molecule has 0 radical (unpaired) electrons. The molecule has 0 bridgehead atoms. The summed E-state index contributed by atoms with van der Waals surface area (Å²) in [6.07, 6.45) is 0.871. The molecule has 0 aliphatic carbocycles. The first kappa shape index (κ1) is 26.5. The Bertz CT molecular complexity index is 1370. The maximum Gasteiger partial charge on any atom is 0.256 e. The number of pyridine rings is 1. The van der Waals surface area contributed by atoms with Gasteiger partial charge in [-0.1, -0.05) is 53.5 Å². The van der Waals surface area contributed by atoms with E-state index in [0.717, 1.165) is 28.7 Å². The van der Waals surface area contributed by atoms with Crippen molar-refractivity contribution < 1.29 is 23.8 Å². The molecule has 38 heavy (non-hydrogen) atoms. The predicted molar refractivity (Wildman–Crippen MR) is 144 cm³/mol. The van der Waals surface area contributed by atoms with Crippen LogP contribution in [-0.2, 0) is 29.1 Å². The first-order chi connectivity index (χ1) is 18.3. The Morgan fingerprint density at radius 3 is 2.71 bits per heavy atom. The predicted octanol–water partition coefficient (Wildman–Crippen LogP) is 5.52. The highest BCUT2D eigenvalue weighted by molar-refractivity contribution is 6.38. The number of halogens is 2. The molecule has 0 unspecified atom stereocenters. The van der Waals surface area contributed by atoms with Crippen molar-refractivity contribution in [1.82, 2.24) is 9.88 Å². The van der Waals surface area contributed by atoms with E-state index >= 15 is 0 Å². The molecular weight excluding hydrogens is 527 g/mol. The van der Waals surface area contributed by atoms with Crippen LogP contribution in [0.5, 0.6) is 11.6 Å². The number of aldehydes is 1. The van der Waals surface area contributed by atoms with Gasteiger partial charge < -0.3 is 23.9 Å². The van der Waals surface area contributed by atoms with E-state index in [-0.39, 0.29) is 23.6 Å². The summed E-state index contributed by atoms with van der Waals surface area (Å²) in [6.45, 7) is 5.35. The fraction of sp³-hybridized carbons (Fsp3) is 0.345. The summed E-state index contributed by atoms with van der Waals surface area (Å²) in [5, 5.41) is 0.645. The Morgan fingerprint density at radius 2 is 1.97 bits per heavy atom. The summed E-state index contributed by atoms with van der Waals surface area (Å²) in [5.41, 5.74) is 4.76. The summed E-state index contributed by atoms with van der Waals surface area (Å²) < 4.78 is 17.5. The first-order valence-corrected chi connectivity index (χ1v) is 13.3. The molecule has 198 valence electrons. The van der Waals surface area contributed by atoms with Gasteiger partial charge in [-0.2, -0.15) is 0 Å². The number of benzene rings is 2. The molecule has 2 aromatic carbocycles. The molecule has 1 saturated heterocycles. The van der Waals surface area contributed by atoms with Crippen LogP contribution in [0.2, 0.25) is 10.0 Å². The van der Waals surface area contributed by atoms with Crippen molar-refractivity contribution in [3.05, 3.63) is 86.0 Å². The number of aryl methyl sites for hydroxylation is 2. The lowest BCUT2D eigenvalue weighted by atomic mass is 9.97. The number of amides is 1. The zero-order chi connectivity index (χ0) is 26.8. The average Bonchev–Trinajstić information content (AvgIpc) is 3.36. The Balaban J connectivity index is 1.39. The van der Waals surface area contributed by atoms with E-state index in [1.165, 1.54) is 0 Å². The molecule has 1 aromatic heterocycles. The van der Waals surface area contributed by atoms with Gasteiger partial charge in [0.1, 0.15) is 30.9 Å². The number of nitrogens with zero attached hydrogens (tertiary/aromatic N) is 2. The molecule has 1 amide bonds. The quantitative estimate of drug-likeness (QED) is 0.341. The standard InChI is InChI=1S/C29H28Cl2N2O5/c1-17-10-18(2)32-28(37-15-19-6-4-3-5-7-19)23(17)13-33-9-8-22-24(30)12-25(27(31)26(22)29(33)35)38-21-11-20(14-34)36-16-21/h3-7,10,12,14,20-21H,8-9,11,13,15-16H2,1-2H3/t20-,21-/m1/s1. The highest BCUT2D eigenvalue weighted by Crippen LogP contribution is 2.40. The van der Waals surface area contributed by atoms with Crippen LogP contribution in [0.4, 0.5) is 0 Å². The summed E-state index contributed by atoms with van der Waals surface area (Å²) in [5.74, 6) is 0.592. The lowest BCUT2D eigenvalue weighted by Crippen LogP contribution is -2.38. The molecule has 1 fully saturated rings. The van der Waals surface area contributed by atoms with Gasteiger partial charge in [-0.05, 0) is 43.0 Å². The molecule has 3 aromatic rings. The molecule has 9 heteroatoms. The Kier molecular flexibility index (Phi) is 7.88. The number of aromatic nitrogens is 1. The van der Waals surface area contributed by atoms with Gasteiger partial charge in [0.25, 0.3) is 5.91 Å². The zero-order valence-electron chi connectivity index (χ0n) is 21.2. The molecule has 2 atom stereocenters. The van der Waals surface area contributed by atoms with Crippen molar-refractivity contribution in [3.63, 3.8) is 0 Å². The Morgan fingerprint density at radius 1 is 1.18 bits per heavy atom. The van der Waals surface area contributed by atoms with Gasteiger partial charge in [-0.25, -0.2) is 4.98 Å². The largest absolute Gasteiger partial charge is 0.486 e. The van der Waals surface area contributed by atoms with E-state index < -0.39 is 6.10 Å². The minimum atomic E-state index is -0.506. The molecule has 0 N–H and O–H groups in total. The zero-order valence-corrected chi connectivity index (χ0v) is 22.7. The van der Waals surface area contributed by atoms with E-state index in [1.54, 1.807) is 11.0 Å². The smallest absolute Gasteiger partial charge is 0.256 e. The van der Waals surface area contributed by atoms with Crippen molar-refractivity contribution in [2.45, 2.75) is 52.0 Å². The normalized spacial score (nSPS) is 18.8. The molecule has 7 nitrogen and oxygen atoms in total. The van der Waals surface area contributed by atoms with Crippen LogP contribution >= 0.6 is 23.2 Å². The fourth-order valence-electron chi connectivity index (χ4n) is 4.89. The van der Waals surface area contributed by atoms with Crippen LogP contribution in [0.1, 0.15) is 44.7 Å². The summed E-state index contributed by atoms with van der Waals surface area (Å²) in [6, 6.07) is 13.5. The van der Waals surface area contributed by atoms with Gasteiger partial charge in [0.2, 0.25) is 5.88 Å². The van der Waals surface area contributed by atoms with Gasteiger partial charge in [0, 0.05) is 35.3 Å². The van der Waals surface area contributed by atoms with Gasteiger partial charge >= 0.3 is 0 Å². The average molecular weight is 555 g/mol. The minimum Gasteiger partial charge on any atom is -0.486 e. The van der Waals surface area contributed by atoms with Crippen molar-refractivity contribution in [3.8, 4) is 11.6 Å². The van der Waals surface area contributed by atoms with Crippen molar-refractivity contribution in [1.29, 1.82) is 0 Å². The van der Waals surface area contributed by atoms with Gasteiger partial charge in [0.05, 0.1) is 23.7 Å². The van der Waals surface area contributed by atoms with E-state index in [9.17, 15) is 9.59 Å². The second-order valence-electron chi connectivity index (χ2n) is 9.62. The molecule has 0 saturated carbocycles. The van der Waals surface area contributed by atoms with E-state index in [0.29, 0.717) is 60.3 Å². The van der Waals surface area contributed by atoms with Gasteiger partial charge in [-0.15, -0.1) is 0 Å². The number of carbonyl (C=O) groups is 2. The van der Waals surface area contributed by atoms with E-state index in [1.807, 2.05) is 50.2 Å². The lowest BCUT2D eigenvalue weighted by molar-refractivity contribution is -0.115. The highest BCUT2D eigenvalue weighted by atomic mass is 35.5. The van der Waals surface area contributed by atoms with Crippen LogP contribution < -0.4 is 9.47 Å². The third-order valence-corrected chi connectivity index (χ3v) is 7.57. The fourth-order valence-corrected chi connectivity index (χ4v) is 5.47. The molecular formula is C29H28Cl2N2O5. The monoisotopic (exact) mass is 554 g/mol. The lowest BCUT2D eigenvalue weighted by Gasteiger charge is -2.31. The molecule has 5 rings (SSSR count). The number of hydrogen-bond acceptors (Lipinski definition) is 6. The van der Waals surface area contributed by atoms with E-state index in [2.05, 4.69) is 4.98 Å². The number of carbonyl (C=O) groups excluding carboxylic acids is 2. The van der Waals surface area contributed by atoms with Crippen LogP contribution in [0.3, 0.4) is 0 Å². The topological polar surface area (TPSA) is 78.0 Å². The third-order valence-electron chi connectivity index (χ3n) is 6.86. The molecule has 2 aliphatic rings. The van der Waals surface area contributed by atoms with Crippen molar-refractivity contribution >= 4 is 35.4 Å². The van der Waals surface area contributed by atoms with Crippen molar-refractivity contribution in [2.75, 3.05) is 13.2 Å². The molecule has 3 heterocycles. The van der Waals surface area contributed by atoms with Crippen LogP contribution in [0.15, 0.2) is 42.5 Å². The second kappa shape index (κ2) is 11.3. The van der Waals surface area contributed by atoms with Gasteiger partial charge in [0.15, 0.2) is 0 Å². The van der Waals surface area contributed by atoms with Crippen molar-refractivity contribution in [2.24, 2.45) is 0 Å². The number of ether oxygens (including phenoxy) is 3. The van der Waals surface area contributed by atoms with Crippen LogP contribution in [0.25, 0.3) is 0 Å². The van der Waals surface area contributed by atoms with Crippen LogP contribution in [0, 0.1) is 13.8 Å². The maximum atomic E-state index is 13.7. The SMILES string of the molecule is Cc1cc(C)c(CN2CCc3c(Cl)cc(O[C@H]4CO[C@@H](C=O)C4)c(Cl)c3C2=O)c(OCc2ccccc2)n1. The summed E-state index contributed by atoms with van der Waals surface area (Å²) in [7, 11) is 0.